The number of carbonyl (C=O) groups is 1. The molecule has 0 aliphatic rings. The number of nitrogens with one attached hydrogen (secondary N) is 1. The Morgan fingerprint density at radius 2 is 1.77 bits per heavy atom. The summed E-state index contributed by atoms with van der Waals surface area (Å²) < 4.78 is 6.37. The van der Waals surface area contributed by atoms with E-state index in [-0.39, 0.29) is 18.2 Å². The summed E-state index contributed by atoms with van der Waals surface area (Å²) in [5, 5.41) is 9.41. The number of H-pyrrole nitrogens is 1. The number of aromatic carboxylic acids is 1. The highest BCUT2D eigenvalue weighted by atomic mass is 79.9. The number of benzene rings is 2. The molecule has 0 saturated heterocycles. The Bertz CT molecular complexity index is 969. The second-order valence-electron chi connectivity index (χ2n) is 5.57. The van der Waals surface area contributed by atoms with Gasteiger partial charge in [-0.05, 0) is 23.3 Å². The Kier molecular flexibility index (Phi) is 5.48. The van der Waals surface area contributed by atoms with Crippen LogP contribution in [-0.2, 0) is 13.0 Å². The number of hydrogen-bond acceptors (Lipinski definition) is 4. The van der Waals surface area contributed by atoms with Crippen LogP contribution in [0.4, 0.5) is 0 Å². The molecule has 0 bridgehead atoms. The monoisotopic (exact) mass is 414 g/mol. The second-order valence-corrected chi connectivity index (χ2v) is 6.49. The molecule has 3 rings (SSSR count). The van der Waals surface area contributed by atoms with Crippen molar-refractivity contribution < 1.29 is 14.6 Å². The molecule has 0 amide bonds. The summed E-state index contributed by atoms with van der Waals surface area (Å²) in [5.74, 6) is -1.33. The van der Waals surface area contributed by atoms with Crippen LogP contribution in [0.2, 0.25) is 0 Å². The summed E-state index contributed by atoms with van der Waals surface area (Å²) in [4.78, 5) is 30.5. The first-order chi connectivity index (χ1) is 12.5. The molecule has 132 valence electrons. The van der Waals surface area contributed by atoms with Crippen LogP contribution < -0.4 is 10.3 Å². The largest absolute Gasteiger partial charge is 0.481 e. The third kappa shape index (κ3) is 4.37. The molecule has 2 N–H and O–H groups in total. The van der Waals surface area contributed by atoms with E-state index >= 15 is 0 Å². The van der Waals surface area contributed by atoms with Gasteiger partial charge in [0.2, 0.25) is 5.75 Å². The average molecular weight is 415 g/mol. The molecule has 1 aromatic heterocycles. The topological polar surface area (TPSA) is 92.3 Å². The summed E-state index contributed by atoms with van der Waals surface area (Å²) in [6.45, 7) is 0.0813. The maximum Gasteiger partial charge on any atom is 0.358 e. The molecular formula is C19H15BrN2O4. The summed E-state index contributed by atoms with van der Waals surface area (Å²) >= 11 is 3.35. The van der Waals surface area contributed by atoms with Crippen LogP contribution in [0.15, 0.2) is 63.9 Å². The first-order valence-electron chi connectivity index (χ1n) is 7.80. The van der Waals surface area contributed by atoms with E-state index in [1.807, 2.05) is 54.6 Å². The molecule has 3 aromatic rings. The molecule has 0 atom stereocenters. The Hall–Kier alpha value is -2.93. The zero-order valence-corrected chi connectivity index (χ0v) is 15.2. The number of aromatic amines is 1. The number of hydrogen-bond donors (Lipinski definition) is 2. The van der Waals surface area contributed by atoms with Crippen molar-refractivity contribution in [3.63, 3.8) is 0 Å². The minimum atomic E-state index is -1.31. The maximum atomic E-state index is 12.3. The molecule has 0 saturated carbocycles. The second kappa shape index (κ2) is 7.97. The smallest absolute Gasteiger partial charge is 0.358 e. The van der Waals surface area contributed by atoms with Crippen LogP contribution in [0.5, 0.6) is 5.75 Å². The van der Waals surface area contributed by atoms with Crippen molar-refractivity contribution in [1.82, 2.24) is 9.97 Å². The van der Waals surface area contributed by atoms with Crippen LogP contribution in [0.1, 0.15) is 27.4 Å². The Morgan fingerprint density at radius 3 is 2.42 bits per heavy atom. The van der Waals surface area contributed by atoms with Crippen LogP contribution in [0.25, 0.3) is 0 Å². The van der Waals surface area contributed by atoms with E-state index in [1.165, 1.54) is 0 Å². The van der Waals surface area contributed by atoms with Gasteiger partial charge in [0, 0.05) is 10.9 Å². The SMILES string of the molecule is O=C(O)c1nc(Cc2ccc(Br)cc2)[nH]c(=O)c1OCc1ccccc1. The van der Waals surface area contributed by atoms with Crippen molar-refractivity contribution >= 4 is 21.9 Å². The molecule has 6 nitrogen and oxygen atoms in total. The zero-order chi connectivity index (χ0) is 18.5. The maximum absolute atomic E-state index is 12.3. The van der Waals surface area contributed by atoms with Gasteiger partial charge in [0.15, 0.2) is 5.69 Å². The fourth-order valence-corrected chi connectivity index (χ4v) is 2.66. The van der Waals surface area contributed by atoms with Gasteiger partial charge in [-0.1, -0.05) is 58.4 Å². The molecule has 1 heterocycles. The van der Waals surface area contributed by atoms with Crippen LogP contribution in [0, 0.1) is 0 Å². The summed E-state index contributed by atoms with van der Waals surface area (Å²) in [6, 6.07) is 16.6. The van der Waals surface area contributed by atoms with Crippen LogP contribution in [0.3, 0.4) is 0 Å². The lowest BCUT2D eigenvalue weighted by Crippen LogP contribution is -2.21. The predicted molar refractivity (Wildman–Crippen MR) is 99.5 cm³/mol. The normalized spacial score (nSPS) is 10.5. The van der Waals surface area contributed by atoms with Gasteiger partial charge in [0.1, 0.15) is 12.4 Å². The first-order valence-corrected chi connectivity index (χ1v) is 8.60. The van der Waals surface area contributed by atoms with E-state index < -0.39 is 17.2 Å². The van der Waals surface area contributed by atoms with Gasteiger partial charge >= 0.3 is 5.97 Å². The number of aromatic nitrogens is 2. The number of rotatable bonds is 6. The van der Waals surface area contributed by atoms with Gasteiger partial charge in [0.25, 0.3) is 5.56 Å². The zero-order valence-electron chi connectivity index (χ0n) is 13.6. The quantitative estimate of drug-likeness (QED) is 0.644. The van der Waals surface area contributed by atoms with Gasteiger partial charge < -0.3 is 14.8 Å². The number of ether oxygens (including phenoxy) is 1. The predicted octanol–water partition coefficient (Wildman–Crippen LogP) is 3.40. The van der Waals surface area contributed by atoms with Gasteiger partial charge in [0.05, 0.1) is 0 Å². The van der Waals surface area contributed by atoms with Crippen LogP contribution in [-0.4, -0.2) is 21.0 Å². The van der Waals surface area contributed by atoms with E-state index in [2.05, 4.69) is 25.9 Å². The molecule has 26 heavy (non-hydrogen) atoms. The van der Waals surface area contributed by atoms with E-state index in [0.717, 1.165) is 15.6 Å². The minimum Gasteiger partial charge on any atom is -0.481 e. The lowest BCUT2D eigenvalue weighted by molar-refractivity contribution is 0.0683. The van der Waals surface area contributed by atoms with Crippen molar-refractivity contribution in [3.05, 3.63) is 92.1 Å². The molecule has 7 heteroatoms. The highest BCUT2D eigenvalue weighted by Gasteiger charge is 2.19. The van der Waals surface area contributed by atoms with Crippen molar-refractivity contribution in [2.45, 2.75) is 13.0 Å². The molecule has 0 spiro atoms. The Balaban J connectivity index is 1.87. The molecule has 2 aromatic carbocycles. The third-order valence-corrected chi connectivity index (χ3v) is 4.17. The minimum absolute atomic E-state index is 0.0813. The van der Waals surface area contributed by atoms with Crippen molar-refractivity contribution in [2.24, 2.45) is 0 Å². The molecular weight excluding hydrogens is 400 g/mol. The summed E-state index contributed by atoms with van der Waals surface area (Å²) in [7, 11) is 0. The highest BCUT2D eigenvalue weighted by molar-refractivity contribution is 9.10. The van der Waals surface area contributed by atoms with Gasteiger partial charge in [-0.15, -0.1) is 0 Å². The standard InChI is InChI=1S/C19H15BrN2O4/c20-14-8-6-12(7-9-14)10-15-21-16(19(24)25)17(18(23)22-15)26-11-13-4-2-1-3-5-13/h1-9H,10-11H2,(H,24,25)(H,21,22,23). The van der Waals surface area contributed by atoms with Crippen molar-refractivity contribution in [1.29, 1.82) is 0 Å². The number of nitrogens with zero attached hydrogens (tertiary/aromatic N) is 1. The highest BCUT2D eigenvalue weighted by Crippen LogP contribution is 2.16. The lowest BCUT2D eigenvalue weighted by atomic mass is 10.1. The number of halogens is 1. The fraction of sp³-hybridized carbons (Fsp3) is 0.105. The lowest BCUT2D eigenvalue weighted by Gasteiger charge is -2.09. The number of carboxylic acids is 1. The molecule has 0 unspecified atom stereocenters. The Morgan fingerprint density at radius 1 is 1.08 bits per heavy atom. The summed E-state index contributed by atoms with van der Waals surface area (Å²) in [5.41, 5.74) is 0.713. The third-order valence-electron chi connectivity index (χ3n) is 3.64. The average Bonchev–Trinajstić information content (AvgIpc) is 2.63. The van der Waals surface area contributed by atoms with Crippen molar-refractivity contribution in [2.75, 3.05) is 0 Å². The van der Waals surface area contributed by atoms with Crippen molar-refractivity contribution in [3.8, 4) is 5.75 Å². The van der Waals surface area contributed by atoms with Gasteiger partial charge in [-0.25, -0.2) is 9.78 Å². The molecule has 0 fully saturated rings. The van der Waals surface area contributed by atoms with Gasteiger partial charge in [-0.3, -0.25) is 4.79 Å². The summed E-state index contributed by atoms with van der Waals surface area (Å²) in [6.07, 6.45) is 0.307. The molecule has 0 aliphatic heterocycles. The van der Waals surface area contributed by atoms with Gasteiger partial charge in [-0.2, -0.15) is 0 Å². The fourth-order valence-electron chi connectivity index (χ4n) is 2.40. The molecule has 0 radical (unpaired) electrons. The van der Waals surface area contributed by atoms with E-state index in [0.29, 0.717) is 6.42 Å². The number of carboxylic acid groups (broad SMARTS) is 1. The van der Waals surface area contributed by atoms with Crippen LogP contribution >= 0.6 is 15.9 Å². The van der Waals surface area contributed by atoms with E-state index in [4.69, 9.17) is 4.74 Å². The van der Waals surface area contributed by atoms with E-state index in [1.54, 1.807) is 0 Å². The Labute approximate surface area is 157 Å². The molecule has 0 aliphatic carbocycles. The first kappa shape index (κ1) is 17.9. The van der Waals surface area contributed by atoms with E-state index in [9.17, 15) is 14.7 Å².